The number of amides is 3. The lowest BCUT2D eigenvalue weighted by atomic mass is 9.49. The molecule has 1 heterocycles. The molecule has 1 atom stereocenters. The number of nitrogens with one attached hydrogen (secondary N) is 2. The van der Waals surface area contributed by atoms with Crippen LogP contribution in [0.15, 0.2) is 30.3 Å². The second-order valence-corrected chi connectivity index (χ2v) is 11.8. The zero-order valence-electron chi connectivity index (χ0n) is 20.6. The number of likely N-dealkylation sites (tertiary alicyclic amines) is 1. The van der Waals surface area contributed by atoms with Gasteiger partial charge >= 0.3 is 0 Å². The Morgan fingerprint density at radius 3 is 2.00 bits per heavy atom. The van der Waals surface area contributed by atoms with Gasteiger partial charge in [0.1, 0.15) is 6.04 Å². The van der Waals surface area contributed by atoms with E-state index in [9.17, 15) is 14.4 Å². The summed E-state index contributed by atoms with van der Waals surface area (Å²) in [6.07, 6.45) is 8.40. The van der Waals surface area contributed by atoms with E-state index in [-0.39, 0.29) is 35.1 Å². The van der Waals surface area contributed by atoms with Crippen molar-refractivity contribution in [1.29, 1.82) is 0 Å². The zero-order valence-corrected chi connectivity index (χ0v) is 20.6. The fourth-order valence-corrected chi connectivity index (χ4v) is 7.50. The summed E-state index contributed by atoms with van der Waals surface area (Å²) in [7, 11) is 0. The van der Waals surface area contributed by atoms with Gasteiger partial charge in [-0.2, -0.15) is 0 Å². The first-order valence-corrected chi connectivity index (χ1v) is 13.3. The molecule has 4 bridgehead atoms. The Morgan fingerprint density at radius 2 is 1.47 bits per heavy atom. The van der Waals surface area contributed by atoms with Crippen LogP contribution >= 0.6 is 0 Å². The van der Waals surface area contributed by atoms with Gasteiger partial charge in [0.25, 0.3) is 5.91 Å². The smallest absolute Gasteiger partial charge is 0.251 e. The second kappa shape index (κ2) is 9.35. The molecule has 0 radical (unpaired) electrons. The SMILES string of the molecule is CC(C)[C@@H](NC(=O)C12CC3CC(CC(C3)C1)C2)C(=O)N1CCC(NC(=O)c2ccccc2)CC1. The molecule has 5 fully saturated rings. The Hall–Kier alpha value is -2.37. The largest absolute Gasteiger partial charge is 0.349 e. The number of rotatable bonds is 6. The van der Waals surface area contributed by atoms with Gasteiger partial charge in [-0.25, -0.2) is 0 Å². The normalized spacial score (nSPS) is 31.4. The van der Waals surface area contributed by atoms with E-state index in [0.29, 0.717) is 36.4 Å². The summed E-state index contributed by atoms with van der Waals surface area (Å²) in [5, 5.41) is 6.34. The van der Waals surface area contributed by atoms with Gasteiger partial charge in [0.15, 0.2) is 0 Å². The van der Waals surface area contributed by atoms with Crippen molar-refractivity contribution < 1.29 is 14.4 Å². The summed E-state index contributed by atoms with van der Waals surface area (Å²) in [5.41, 5.74) is 0.421. The van der Waals surface area contributed by atoms with Crippen LogP contribution in [0.2, 0.25) is 0 Å². The Morgan fingerprint density at radius 1 is 0.912 bits per heavy atom. The van der Waals surface area contributed by atoms with E-state index < -0.39 is 6.04 Å². The molecule has 6 nitrogen and oxygen atoms in total. The minimum atomic E-state index is -0.476. The van der Waals surface area contributed by atoms with Gasteiger partial charge in [-0.05, 0) is 87.2 Å². The molecule has 2 N–H and O–H groups in total. The standard InChI is InChI=1S/C28H39N3O3/c1-18(2)24(30-27(34)28-15-19-12-20(16-28)14-21(13-19)17-28)26(33)31-10-8-23(9-11-31)29-25(32)22-6-4-3-5-7-22/h3-7,18-21,23-24H,8-17H2,1-2H3,(H,29,32)(H,30,34)/t19?,20?,21?,24-,28?/m1/s1. The maximum Gasteiger partial charge on any atom is 0.251 e. The lowest BCUT2D eigenvalue weighted by Gasteiger charge is -2.56. The minimum absolute atomic E-state index is 0.0286. The van der Waals surface area contributed by atoms with E-state index in [4.69, 9.17) is 0 Å². The molecule has 34 heavy (non-hydrogen) atoms. The Kier molecular flexibility index (Phi) is 6.43. The van der Waals surface area contributed by atoms with E-state index in [1.54, 1.807) is 0 Å². The summed E-state index contributed by atoms with van der Waals surface area (Å²) < 4.78 is 0. The van der Waals surface area contributed by atoms with Crippen LogP contribution in [0, 0.1) is 29.1 Å². The monoisotopic (exact) mass is 465 g/mol. The molecule has 6 rings (SSSR count). The Balaban J connectivity index is 1.17. The molecule has 1 aromatic carbocycles. The van der Waals surface area contributed by atoms with E-state index >= 15 is 0 Å². The molecular formula is C28H39N3O3. The molecule has 1 aliphatic heterocycles. The van der Waals surface area contributed by atoms with Crippen molar-refractivity contribution in [3.8, 4) is 0 Å². The fourth-order valence-electron chi connectivity index (χ4n) is 7.50. The quantitative estimate of drug-likeness (QED) is 0.671. The van der Waals surface area contributed by atoms with Crippen LogP contribution in [0.25, 0.3) is 0 Å². The first-order chi connectivity index (χ1) is 16.3. The number of benzene rings is 1. The third-order valence-corrected chi connectivity index (χ3v) is 8.92. The molecule has 6 heteroatoms. The fraction of sp³-hybridized carbons (Fsp3) is 0.679. The summed E-state index contributed by atoms with van der Waals surface area (Å²) in [6.45, 7) is 5.26. The van der Waals surface area contributed by atoms with Gasteiger partial charge in [-0.15, -0.1) is 0 Å². The number of carbonyl (C=O) groups excluding carboxylic acids is 3. The molecule has 0 spiro atoms. The zero-order chi connectivity index (χ0) is 23.9. The van der Waals surface area contributed by atoms with Crippen molar-refractivity contribution in [1.82, 2.24) is 15.5 Å². The van der Waals surface area contributed by atoms with E-state index in [1.165, 1.54) is 19.3 Å². The van der Waals surface area contributed by atoms with Crippen LogP contribution in [-0.2, 0) is 9.59 Å². The lowest BCUT2D eigenvalue weighted by molar-refractivity contribution is -0.151. The van der Waals surface area contributed by atoms with Gasteiger partial charge in [0.05, 0.1) is 0 Å². The molecule has 4 aliphatic carbocycles. The molecule has 5 aliphatic rings. The topological polar surface area (TPSA) is 78.5 Å². The summed E-state index contributed by atoms with van der Waals surface area (Å²) in [6, 6.07) is 8.84. The van der Waals surface area contributed by atoms with Crippen molar-refractivity contribution in [2.24, 2.45) is 29.1 Å². The molecule has 3 amide bonds. The van der Waals surface area contributed by atoms with Crippen LogP contribution in [0.1, 0.15) is 75.6 Å². The Labute approximate surface area is 203 Å². The minimum Gasteiger partial charge on any atom is -0.349 e. The van der Waals surface area contributed by atoms with Crippen molar-refractivity contribution in [2.45, 2.75) is 77.3 Å². The summed E-state index contributed by atoms with van der Waals surface area (Å²) in [4.78, 5) is 41.4. The predicted molar refractivity (Wildman–Crippen MR) is 131 cm³/mol. The molecule has 184 valence electrons. The number of nitrogens with zero attached hydrogens (tertiary/aromatic N) is 1. The first-order valence-electron chi connectivity index (χ1n) is 13.3. The summed E-state index contributed by atoms with van der Waals surface area (Å²) >= 11 is 0. The molecule has 0 aromatic heterocycles. The average molecular weight is 466 g/mol. The number of carbonyl (C=O) groups is 3. The highest BCUT2D eigenvalue weighted by Gasteiger charge is 2.55. The van der Waals surface area contributed by atoms with Gasteiger partial charge in [0.2, 0.25) is 11.8 Å². The van der Waals surface area contributed by atoms with Crippen molar-refractivity contribution in [3.63, 3.8) is 0 Å². The molecule has 1 saturated heterocycles. The van der Waals surface area contributed by atoms with Gasteiger partial charge in [-0.1, -0.05) is 32.0 Å². The molecule has 4 saturated carbocycles. The van der Waals surface area contributed by atoms with E-state index in [1.807, 2.05) is 49.1 Å². The molecular weight excluding hydrogens is 426 g/mol. The van der Waals surface area contributed by atoms with Crippen LogP contribution in [0.4, 0.5) is 0 Å². The average Bonchev–Trinajstić information content (AvgIpc) is 2.82. The van der Waals surface area contributed by atoms with Crippen molar-refractivity contribution >= 4 is 17.7 Å². The number of hydrogen-bond acceptors (Lipinski definition) is 3. The third-order valence-electron chi connectivity index (χ3n) is 8.92. The maximum atomic E-state index is 13.6. The van der Waals surface area contributed by atoms with Crippen molar-refractivity contribution in [3.05, 3.63) is 35.9 Å². The molecule has 1 aromatic rings. The Bertz CT molecular complexity index is 885. The van der Waals surface area contributed by atoms with Gasteiger partial charge in [0, 0.05) is 30.1 Å². The highest BCUT2D eigenvalue weighted by molar-refractivity contribution is 5.94. The van der Waals surface area contributed by atoms with Crippen LogP contribution in [-0.4, -0.2) is 47.8 Å². The van der Waals surface area contributed by atoms with Gasteiger partial charge in [-0.3, -0.25) is 14.4 Å². The van der Waals surface area contributed by atoms with Crippen molar-refractivity contribution in [2.75, 3.05) is 13.1 Å². The maximum absolute atomic E-state index is 13.6. The van der Waals surface area contributed by atoms with Crippen LogP contribution in [0.3, 0.4) is 0 Å². The number of piperidine rings is 1. The number of hydrogen-bond donors (Lipinski definition) is 2. The van der Waals surface area contributed by atoms with Crippen LogP contribution < -0.4 is 10.6 Å². The summed E-state index contributed by atoms with van der Waals surface area (Å²) in [5.74, 6) is 2.25. The lowest BCUT2D eigenvalue weighted by Crippen LogP contribution is -2.59. The van der Waals surface area contributed by atoms with Gasteiger partial charge < -0.3 is 15.5 Å². The highest BCUT2D eigenvalue weighted by Crippen LogP contribution is 2.60. The molecule has 0 unspecified atom stereocenters. The highest BCUT2D eigenvalue weighted by atomic mass is 16.2. The predicted octanol–water partition coefficient (Wildman–Crippen LogP) is 3.76. The first kappa shape index (κ1) is 23.4. The van der Waals surface area contributed by atoms with E-state index in [0.717, 1.165) is 32.1 Å². The third kappa shape index (κ3) is 4.60. The van der Waals surface area contributed by atoms with E-state index in [2.05, 4.69) is 10.6 Å². The second-order valence-electron chi connectivity index (χ2n) is 11.8. The van der Waals surface area contributed by atoms with Crippen LogP contribution in [0.5, 0.6) is 0 Å².